The number of methoxy groups -OCH3 is 1. The van der Waals surface area contributed by atoms with Gasteiger partial charge >= 0.3 is 0 Å². The molecular formula is C16H18N6OS. The molecule has 1 aliphatic heterocycles. The Morgan fingerprint density at radius 1 is 1.25 bits per heavy atom. The number of ether oxygens (including phenoxy) is 1. The fraction of sp³-hybridized carbons (Fsp3) is 0.375. The summed E-state index contributed by atoms with van der Waals surface area (Å²) >= 11 is 1.63. The van der Waals surface area contributed by atoms with Crippen LogP contribution >= 0.6 is 11.3 Å². The van der Waals surface area contributed by atoms with E-state index in [9.17, 15) is 0 Å². The highest BCUT2D eigenvalue weighted by molar-refractivity contribution is 7.14. The van der Waals surface area contributed by atoms with Crippen LogP contribution in [0.2, 0.25) is 0 Å². The normalized spacial score (nSPS) is 21.4. The molecule has 3 aromatic rings. The minimum absolute atomic E-state index is 0.227. The van der Waals surface area contributed by atoms with Crippen LogP contribution in [0.3, 0.4) is 0 Å². The van der Waals surface area contributed by atoms with E-state index in [1.165, 1.54) is 4.88 Å². The summed E-state index contributed by atoms with van der Waals surface area (Å²) in [6.45, 7) is 1.70. The van der Waals surface area contributed by atoms with E-state index in [-0.39, 0.29) is 12.1 Å². The van der Waals surface area contributed by atoms with Gasteiger partial charge in [0.2, 0.25) is 0 Å². The minimum atomic E-state index is 0.227. The van der Waals surface area contributed by atoms with Crippen molar-refractivity contribution in [2.24, 2.45) is 0 Å². The number of aromatic nitrogens is 5. The van der Waals surface area contributed by atoms with Crippen molar-refractivity contribution < 1.29 is 4.74 Å². The molecule has 0 radical (unpaired) electrons. The first-order valence-corrected chi connectivity index (χ1v) is 8.63. The summed E-state index contributed by atoms with van der Waals surface area (Å²) in [5, 5.41) is 0.850. The van der Waals surface area contributed by atoms with Gasteiger partial charge in [-0.15, -0.1) is 11.3 Å². The molecule has 1 N–H and O–H groups in total. The third kappa shape index (κ3) is 3.08. The van der Waals surface area contributed by atoms with E-state index in [1.54, 1.807) is 43.1 Å². The Hall–Kier alpha value is -2.16. The van der Waals surface area contributed by atoms with Crippen molar-refractivity contribution in [3.63, 3.8) is 0 Å². The van der Waals surface area contributed by atoms with Gasteiger partial charge in [0.25, 0.3) is 0 Å². The standard InChI is InChI=1S/C16H18N6OS/c1-23-11-7-13(14-19-5-6-20-14)22(9-11)10-12-8-21-16(24-12)15-17-3-2-4-18-15/h2-6,8,11,13H,7,9-10H2,1H3,(H,19,20). The van der Waals surface area contributed by atoms with E-state index < -0.39 is 0 Å². The maximum absolute atomic E-state index is 5.57. The molecule has 0 saturated carbocycles. The molecule has 0 bridgehead atoms. The minimum Gasteiger partial charge on any atom is -0.380 e. The lowest BCUT2D eigenvalue weighted by Crippen LogP contribution is -2.24. The third-order valence-electron chi connectivity index (χ3n) is 4.20. The van der Waals surface area contributed by atoms with E-state index in [0.717, 1.165) is 30.3 Å². The average molecular weight is 342 g/mol. The molecule has 3 aromatic heterocycles. The van der Waals surface area contributed by atoms with E-state index in [4.69, 9.17) is 4.74 Å². The van der Waals surface area contributed by atoms with Crippen molar-refractivity contribution >= 4 is 11.3 Å². The second kappa shape index (κ2) is 6.76. The highest BCUT2D eigenvalue weighted by Crippen LogP contribution is 2.34. The first kappa shape index (κ1) is 15.4. The predicted octanol–water partition coefficient (Wildman–Crippen LogP) is 2.29. The SMILES string of the molecule is COC1CC(c2ncc[nH]2)N(Cc2cnc(-c3ncccn3)s2)C1. The van der Waals surface area contributed by atoms with Gasteiger partial charge in [0.05, 0.1) is 12.1 Å². The van der Waals surface area contributed by atoms with Gasteiger partial charge in [-0.25, -0.2) is 19.9 Å². The number of imidazole rings is 1. The molecule has 1 fully saturated rings. The lowest BCUT2D eigenvalue weighted by atomic mass is 10.2. The van der Waals surface area contributed by atoms with Gasteiger partial charge in [0.15, 0.2) is 10.8 Å². The van der Waals surface area contributed by atoms with Gasteiger partial charge in [-0.05, 0) is 12.5 Å². The molecule has 1 aliphatic rings. The largest absolute Gasteiger partial charge is 0.380 e. The third-order valence-corrected chi connectivity index (χ3v) is 5.18. The Bertz CT molecular complexity index is 775. The molecular weight excluding hydrogens is 324 g/mol. The smallest absolute Gasteiger partial charge is 0.188 e. The van der Waals surface area contributed by atoms with Crippen LogP contribution in [-0.4, -0.2) is 49.6 Å². The number of likely N-dealkylation sites (tertiary alicyclic amines) is 1. The fourth-order valence-electron chi connectivity index (χ4n) is 3.04. The van der Waals surface area contributed by atoms with Gasteiger partial charge in [0, 0.05) is 56.1 Å². The zero-order valence-electron chi connectivity index (χ0n) is 13.3. The summed E-state index contributed by atoms with van der Waals surface area (Å²) in [6, 6.07) is 2.05. The molecule has 0 spiro atoms. The topological polar surface area (TPSA) is 79.8 Å². The van der Waals surface area contributed by atoms with Gasteiger partial charge in [-0.3, -0.25) is 4.90 Å². The molecule has 124 valence electrons. The molecule has 2 unspecified atom stereocenters. The van der Waals surface area contributed by atoms with Crippen molar-refractivity contribution in [3.05, 3.63) is 47.8 Å². The maximum atomic E-state index is 5.57. The van der Waals surface area contributed by atoms with Gasteiger partial charge in [-0.1, -0.05) is 0 Å². The van der Waals surface area contributed by atoms with Crippen LogP contribution in [0.1, 0.15) is 23.2 Å². The van der Waals surface area contributed by atoms with Crippen LogP contribution in [0.4, 0.5) is 0 Å². The Morgan fingerprint density at radius 2 is 2.12 bits per heavy atom. The quantitative estimate of drug-likeness (QED) is 0.766. The van der Waals surface area contributed by atoms with Crippen LogP contribution in [0, 0.1) is 0 Å². The van der Waals surface area contributed by atoms with E-state index in [2.05, 4.69) is 29.8 Å². The summed E-state index contributed by atoms with van der Waals surface area (Å²) in [5.41, 5.74) is 0. The first-order valence-electron chi connectivity index (χ1n) is 7.81. The van der Waals surface area contributed by atoms with Crippen molar-refractivity contribution in [1.29, 1.82) is 0 Å². The second-order valence-electron chi connectivity index (χ2n) is 5.72. The molecule has 2 atom stereocenters. The maximum Gasteiger partial charge on any atom is 0.188 e. The molecule has 8 heteroatoms. The molecule has 0 amide bonds. The summed E-state index contributed by atoms with van der Waals surface area (Å²) in [4.78, 5) is 24.2. The number of nitrogens with one attached hydrogen (secondary N) is 1. The zero-order chi connectivity index (χ0) is 16.4. The van der Waals surface area contributed by atoms with Crippen LogP contribution in [0.15, 0.2) is 37.1 Å². The number of thiazole rings is 1. The van der Waals surface area contributed by atoms with Gasteiger partial charge in [-0.2, -0.15) is 0 Å². The van der Waals surface area contributed by atoms with Crippen molar-refractivity contribution in [3.8, 4) is 10.8 Å². The van der Waals surface area contributed by atoms with Crippen LogP contribution < -0.4 is 0 Å². The predicted molar refractivity (Wildman–Crippen MR) is 90.3 cm³/mol. The van der Waals surface area contributed by atoms with Crippen LogP contribution in [-0.2, 0) is 11.3 Å². The van der Waals surface area contributed by atoms with E-state index in [0.29, 0.717) is 5.82 Å². The number of hydrogen-bond donors (Lipinski definition) is 1. The van der Waals surface area contributed by atoms with Crippen molar-refractivity contribution in [2.45, 2.75) is 25.1 Å². The number of rotatable bonds is 5. The lowest BCUT2D eigenvalue weighted by Gasteiger charge is -2.21. The summed E-state index contributed by atoms with van der Waals surface area (Å²) < 4.78 is 5.57. The highest BCUT2D eigenvalue weighted by atomic mass is 32.1. The second-order valence-corrected chi connectivity index (χ2v) is 6.83. The number of aromatic amines is 1. The summed E-state index contributed by atoms with van der Waals surface area (Å²) in [5.74, 6) is 1.67. The Balaban J connectivity index is 1.52. The highest BCUT2D eigenvalue weighted by Gasteiger charge is 2.34. The van der Waals surface area contributed by atoms with Crippen molar-refractivity contribution in [2.75, 3.05) is 13.7 Å². The van der Waals surface area contributed by atoms with Gasteiger partial charge < -0.3 is 9.72 Å². The molecule has 1 saturated heterocycles. The van der Waals surface area contributed by atoms with E-state index in [1.807, 2.05) is 12.4 Å². The monoisotopic (exact) mass is 342 g/mol. The molecule has 7 nitrogen and oxygen atoms in total. The van der Waals surface area contributed by atoms with Crippen LogP contribution in [0.5, 0.6) is 0 Å². The Morgan fingerprint density at radius 3 is 2.88 bits per heavy atom. The number of hydrogen-bond acceptors (Lipinski definition) is 7. The first-order chi connectivity index (χ1) is 11.8. The molecule has 24 heavy (non-hydrogen) atoms. The Kier molecular flexibility index (Phi) is 4.33. The molecule has 0 aromatic carbocycles. The molecule has 4 heterocycles. The average Bonchev–Trinajstić information content (AvgIpc) is 3.36. The molecule has 4 rings (SSSR count). The zero-order valence-corrected chi connectivity index (χ0v) is 14.1. The number of H-pyrrole nitrogens is 1. The fourth-order valence-corrected chi connectivity index (χ4v) is 3.93. The summed E-state index contributed by atoms with van der Waals surface area (Å²) in [6.07, 6.45) is 10.2. The summed E-state index contributed by atoms with van der Waals surface area (Å²) in [7, 11) is 1.77. The van der Waals surface area contributed by atoms with Gasteiger partial charge in [0.1, 0.15) is 5.82 Å². The van der Waals surface area contributed by atoms with Crippen molar-refractivity contribution in [1.82, 2.24) is 29.8 Å². The lowest BCUT2D eigenvalue weighted by molar-refractivity contribution is 0.107. The van der Waals surface area contributed by atoms with Crippen LogP contribution in [0.25, 0.3) is 10.8 Å². The number of nitrogens with zero attached hydrogens (tertiary/aromatic N) is 5. The van der Waals surface area contributed by atoms with E-state index >= 15 is 0 Å². The molecule has 0 aliphatic carbocycles. The Labute approximate surface area is 143 Å².